The van der Waals surface area contributed by atoms with Gasteiger partial charge in [-0.2, -0.15) is 0 Å². The van der Waals surface area contributed by atoms with E-state index in [1.54, 1.807) is 19.2 Å². The lowest BCUT2D eigenvalue weighted by atomic mass is 10.3. The molecule has 1 aliphatic heterocycles. The predicted octanol–water partition coefficient (Wildman–Crippen LogP) is 5.08. The van der Waals surface area contributed by atoms with E-state index in [2.05, 4.69) is 20.2 Å². The summed E-state index contributed by atoms with van der Waals surface area (Å²) >= 11 is 12.1. The molecule has 3 rings (SSSR count). The molecule has 2 aromatic rings. The van der Waals surface area contributed by atoms with Gasteiger partial charge in [-0.1, -0.05) is 23.2 Å². The van der Waals surface area contributed by atoms with Crippen LogP contribution in [-0.2, 0) is 0 Å². The van der Waals surface area contributed by atoms with E-state index in [4.69, 9.17) is 27.9 Å². The van der Waals surface area contributed by atoms with E-state index in [0.717, 1.165) is 13.0 Å². The largest absolute Gasteiger partial charge is 0.478 e. The summed E-state index contributed by atoms with van der Waals surface area (Å²) in [5.74, 6) is 1.12. The molecule has 1 N–H and O–H groups in total. The van der Waals surface area contributed by atoms with E-state index in [0.29, 0.717) is 32.8 Å². The SMILES string of the molecule is COc1nc2cc(Cl)c(Cl)cc2nc1NCCCCN1CCCC1.Cl.Cl. The van der Waals surface area contributed by atoms with Crippen molar-refractivity contribution in [3.63, 3.8) is 0 Å². The van der Waals surface area contributed by atoms with Crippen molar-refractivity contribution in [1.82, 2.24) is 14.9 Å². The predicted molar refractivity (Wildman–Crippen MR) is 114 cm³/mol. The van der Waals surface area contributed by atoms with Crippen molar-refractivity contribution in [3.8, 4) is 5.88 Å². The van der Waals surface area contributed by atoms with Crippen molar-refractivity contribution in [2.24, 2.45) is 0 Å². The van der Waals surface area contributed by atoms with Crippen LogP contribution in [0.15, 0.2) is 12.1 Å². The van der Waals surface area contributed by atoms with Crippen LogP contribution in [0.1, 0.15) is 25.7 Å². The van der Waals surface area contributed by atoms with Crippen LogP contribution in [0.2, 0.25) is 10.0 Å². The van der Waals surface area contributed by atoms with Gasteiger partial charge in [0.1, 0.15) is 0 Å². The molecule has 5 nitrogen and oxygen atoms in total. The quantitative estimate of drug-likeness (QED) is 0.607. The summed E-state index contributed by atoms with van der Waals surface area (Å²) in [4.78, 5) is 11.6. The second-order valence-electron chi connectivity index (χ2n) is 6.02. The van der Waals surface area contributed by atoms with E-state index in [-0.39, 0.29) is 24.8 Å². The van der Waals surface area contributed by atoms with Crippen LogP contribution in [0.5, 0.6) is 5.88 Å². The van der Waals surface area contributed by atoms with Gasteiger partial charge in [0.25, 0.3) is 5.88 Å². The highest BCUT2D eigenvalue weighted by molar-refractivity contribution is 6.42. The number of unbranched alkanes of at least 4 members (excludes halogenated alkanes) is 1. The number of aromatic nitrogens is 2. The molecule has 1 saturated heterocycles. The Morgan fingerprint density at radius 1 is 1.04 bits per heavy atom. The van der Waals surface area contributed by atoms with Gasteiger partial charge in [-0.05, 0) is 57.5 Å². The third-order valence-electron chi connectivity index (χ3n) is 4.26. The van der Waals surface area contributed by atoms with Crippen molar-refractivity contribution < 1.29 is 4.74 Å². The van der Waals surface area contributed by atoms with Crippen LogP contribution in [0.3, 0.4) is 0 Å². The van der Waals surface area contributed by atoms with Crippen LogP contribution >= 0.6 is 48.0 Å². The summed E-state index contributed by atoms with van der Waals surface area (Å²) in [6.07, 6.45) is 4.95. The first-order chi connectivity index (χ1) is 11.7. The molecule has 0 amide bonds. The fourth-order valence-electron chi connectivity index (χ4n) is 2.97. The lowest BCUT2D eigenvalue weighted by Crippen LogP contribution is -2.21. The Morgan fingerprint density at radius 3 is 2.27 bits per heavy atom. The van der Waals surface area contributed by atoms with E-state index >= 15 is 0 Å². The van der Waals surface area contributed by atoms with Crippen molar-refractivity contribution in [2.45, 2.75) is 25.7 Å². The Hall–Kier alpha value is -0.720. The molecule has 0 radical (unpaired) electrons. The lowest BCUT2D eigenvalue weighted by molar-refractivity contribution is 0.331. The third-order valence-corrected chi connectivity index (χ3v) is 4.98. The molecule has 26 heavy (non-hydrogen) atoms. The number of rotatable bonds is 7. The number of halogens is 4. The van der Waals surface area contributed by atoms with Gasteiger partial charge in [-0.25, -0.2) is 9.97 Å². The van der Waals surface area contributed by atoms with Crippen LogP contribution < -0.4 is 10.1 Å². The third kappa shape index (κ3) is 5.89. The lowest BCUT2D eigenvalue weighted by Gasteiger charge is -2.14. The maximum atomic E-state index is 6.07. The molecule has 2 heterocycles. The van der Waals surface area contributed by atoms with Gasteiger partial charge in [-0.15, -0.1) is 24.8 Å². The summed E-state index contributed by atoms with van der Waals surface area (Å²) < 4.78 is 5.34. The van der Waals surface area contributed by atoms with E-state index in [1.165, 1.54) is 38.9 Å². The van der Waals surface area contributed by atoms with E-state index in [9.17, 15) is 0 Å². The first kappa shape index (κ1) is 23.3. The smallest absolute Gasteiger partial charge is 0.257 e. The van der Waals surface area contributed by atoms with Crippen LogP contribution in [-0.4, -0.2) is 48.2 Å². The molecule has 1 aromatic carbocycles. The molecule has 0 atom stereocenters. The second-order valence-corrected chi connectivity index (χ2v) is 6.83. The minimum absolute atomic E-state index is 0. The molecular formula is C17H24Cl4N4O. The zero-order chi connectivity index (χ0) is 16.9. The highest BCUT2D eigenvalue weighted by atomic mass is 35.5. The zero-order valence-corrected chi connectivity index (χ0v) is 17.8. The molecule has 1 aliphatic rings. The molecule has 9 heteroatoms. The molecule has 0 spiro atoms. The number of likely N-dealkylation sites (tertiary alicyclic amines) is 1. The number of hydrogen-bond acceptors (Lipinski definition) is 5. The fourth-order valence-corrected chi connectivity index (χ4v) is 3.28. The number of methoxy groups -OCH3 is 1. The monoisotopic (exact) mass is 440 g/mol. The topological polar surface area (TPSA) is 50.3 Å². The zero-order valence-electron chi connectivity index (χ0n) is 14.6. The molecule has 1 fully saturated rings. The van der Waals surface area contributed by atoms with Crippen molar-refractivity contribution >= 4 is 64.9 Å². The van der Waals surface area contributed by atoms with Gasteiger partial charge < -0.3 is 15.0 Å². The van der Waals surface area contributed by atoms with Gasteiger partial charge in [0.05, 0.1) is 28.2 Å². The van der Waals surface area contributed by atoms with E-state index in [1.807, 2.05) is 0 Å². The number of anilines is 1. The number of nitrogens with one attached hydrogen (secondary N) is 1. The van der Waals surface area contributed by atoms with Gasteiger partial charge >= 0.3 is 0 Å². The first-order valence-electron chi connectivity index (χ1n) is 8.34. The summed E-state index contributed by atoms with van der Waals surface area (Å²) in [6.45, 7) is 4.52. The highest BCUT2D eigenvalue weighted by Gasteiger charge is 2.12. The maximum absolute atomic E-state index is 6.07. The molecule has 0 unspecified atom stereocenters. The van der Waals surface area contributed by atoms with Crippen molar-refractivity contribution in [3.05, 3.63) is 22.2 Å². The number of hydrogen-bond donors (Lipinski definition) is 1. The summed E-state index contributed by atoms with van der Waals surface area (Å²) in [6, 6.07) is 3.43. The summed E-state index contributed by atoms with van der Waals surface area (Å²) in [5, 5.41) is 4.26. The minimum atomic E-state index is 0. The van der Waals surface area contributed by atoms with E-state index < -0.39 is 0 Å². The molecule has 0 aliphatic carbocycles. The molecule has 146 valence electrons. The fraction of sp³-hybridized carbons (Fsp3) is 0.529. The Morgan fingerprint density at radius 2 is 1.65 bits per heavy atom. The average molecular weight is 442 g/mol. The molecule has 1 aromatic heterocycles. The normalized spacial score (nSPS) is 14.0. The van der Waals surface area contributed by atoms with Crippen LogP contribution in [0, 0.1) is 0 Å². The first-order valence-corrected chi connectivity index (χ1v) is 9.10. The summed E-state index contributed by atoms with van der Waals surface area (Å²) in [5.41, 5.74) is 1.37. The Balaban J connectivity index is 0.00000169. The van der Waals surface area contributed by atoms with Crippen LogP contribution in [0.25, 0.3) is 11.0 Å². The van der Waals surface area contributed by atoms with Crippen LogP contribution in [0.4, 0.5) is 5.82 Å². The van der Waals surface area contributed by atoms with Crippen molar-refractivity contribution in [2.75, 3.05) is 38.6 Å². The Labute approximate surface area is 176 Å². The van der Waals surface area contributed by atoms with Gasteiger partial charge in [0.15, 0.2) is 5.82 Å². The van der Waals surface area contributed by atoms with Gasteiger partial charge in [0, 0.05) is 6.54 Å². The van der Waals surface area contributed by atoms with Crippen molar-refractivity contribution in [1.29, 1.82) is 0 Å². The van der Waals surface area contributed by atoms with Gasteiger partial charge in [0.2, 0.25) is 0 Å². The molecule has 0 saturated carbocycles. The standard InChI is InChI=1S/C17H22Cl2N4O.2ClH/c1-24-17-16(20-6-2-3-7-23-8-4-5-9-23)21-14-10-12(18)13(19)11-15(14)22-17;;/h10-11H,2-9H2,1H3,(H,20,21);2*1H. The summed E-state index contributed by atoms with van der Waals surface area (Å²) in [7, 11) is 1.59. The number of fused-ring (bicyclic) bond motifs is 1. The average Bonchev–Trinajstić information content (AvgIpc) is 3.08. The number of benzene rings is 1. The minimum Gasteiger partial charge on any atom is -0.478 e. The Kier molecular flexibility index (Phi) is 10.0. The second kappa shape index (κ2) is 11.2. The maximum Gasteiger partial charge on any atom is 0.257 e. The Bertz CT molecular complexity index is 711. The number of ether oxygens (including phenoxy) is 1. The highest BCUT2D eigenvalue weighted by Crippen LogP contribution is 2.29. The number of nitrogens with zero attached hydrogens (tertiary/aromatic N) is 3. The molecular weight excluding hydrogens is 418 g/mol. The molecule has 0 bridgehead atoms. The van der Waals surface area contributed by atoms with Gasteiger partial charge in [-0.3, -0.25) is 0 Å².